The van der Waals surface area contributed by atoms with Crippen molar-refractivity contribution in [1.82, 2.24) is 9.88 Å². The molecule has 3 heteroatoms. The second-order valence-electron chi connectivity index (χ2n) is 3.50. The van der Waals surface area contributed by atoms with Gasteiger partial charge in [-0.3, -0.25) is 4.98 Å². The topological polar surface area (TPSA) is 28.5 Å². The van der Waals surface area contributed by atoms with Crippen molar-refractivity contribution in [2.45, 2.75) is 6.92 Å². The lowest BCUT2D eigenvalue weighted by molar-refractivity contribution is 0.539. The SMILES string of the molecule is CC1=CN=C(c2ccccn2)N(C)C1. The molecule has 0 atom stereocenters. The molecule has 1 aromatic rings. The molecular formula is C11H13N3. The molecule has 0 amide bonds. The Hall–Kier alpha value is -1.64. The van der Waals surface area contributed by atoms with Crippen LogP contribution in [0.3, 0.4) is 0 Å². The number of hydrogen-bond donors (Lipinski definition) is 0. The Kier molecular flexibility index (Phi) is 2.31. The van der Waals surface area contributed by atoms with Crippen molar-refractivity contribution in [2.24, 2.45) is 4.99 Å². The van der Waals surface area contributed by atoms with Gasteiger partial charge in [0.1, 0.15) is 5.69 Å². The molecule has 1 aliphatic heterocycles. The first-order valence-corrected chi connectivity index (χ1v) is 4.63. The van der Waals surface area contributed by atoms with Crippen LogP contribution in [-0.2, 0) is 0 Å². The number of pyridine rings is 1. The van der Waals surface area contributed by atoms with E-state index in [-0.39, 0.29) is 0 Å². The molecule has 0 radical (unpaired) electrons. The number of likely N-dealkylation sites (N-methyl/N-ethyl adjacent to an activating group) is 1. The van der Waals surface area contributed by atoms with Crippen LogP contribution in [0, 0.1) is 0 Å². The van der Waals surface area contributed by atoms with Crippen LogP contribution in [0.4, 0.5) is 0 Å². The highest BCUT2D eigenvalue weighted by Crippen LogP contribution is 2.09. The van der Waals surface area contributed by atoms with Crippen molar-refractivity contribution >= 4 is 5.84 Å². The Labute approximate surface area is 83.8 Å². The number of rotatable bonds is 1. The summed E-state index contributed by atoms with van der Waals surface area (Å²) in [6.45, 7) is 3.00. The van der Waals surface area contributed by atoms with Gasteiger partial charge in [0.05, 0.1) is 0 Å². The lowest BCUT2D eigenvalue weighted by Gasteiger charge is -2.23. The third-order valence-electron chi connectivity index (χ3n) is 2.15. The molecule has 1 aliphatic rings. The Morgan fingerprint density at radius 3 is 2.86 bits per heavy atom. The van der Waals surface area contributed by atoms with E-state index in [1.165, 1.54) is 5.57 Å². The van der Waals surface area contributed by atoms with Gasteiger partial charge in [0.2, 0.25) is 0 Å². The molecule has 0 aliphatic carbocycles. The van der Waals surface area contributed by atoms with Crippen LogP contribution >= 0.6 is 0 Å². The van der Waals surface area contributed by atoms with E-state index in [4.69, 9.17) is 0 Å². The monoisotopic (exact) mass is 187 g/mol. The predicted molar refractivity (Wildman–Crippen MR) is 57.2 cm³/mol. The maximum absolute atomic E-state index is 4.38. The quantitative estimate of drug-likeness (QED) is 0.669. The van der Waals surface area contributed by atoms with E-state index in [1.54, 1.807) is 6.20 Å². The summed E-state index contributed by atoms with van der Waals surface area (Å²) in [7, 11) is 2.03. The lowest BCUT2D eigenvalue weighted by atomic mass is 10.2. The standard InChI is InChI=1S/C11H13N3/c1-9-7-13-11(14(2)8-9)10-5-3-4-6-12-10/h3-7H,8H2,1-2H3. The van der Waals surface area contributed by atoms with Gasteiger partial charge in [0, 0.05) is 26.0 Å². The zero-order valence-electron chi connectivity index (χ0n) is 8.44. The summed E-state index contributed by atoms with van der Waals surface area (Å²) in [5, 5.41) is 0. The molecule has 0 spiro atoms. The zero-order valence-corrected chi connectivity index (χ0v) is 8.44. The summed E-state index contributed by atoms with van der Waals surface area (Å²) in [4.78, 5) is 10.8. The van der Waals surface area contributed by atoms with Crippen molar-refractivity contribution in [3.8, 4) is 0 Å². The zero-order chi connectivity index (χ0) is 9.97. The van der Waals surface area contributed by atoms with Gasteiger partial charge in [-0.05, 0) is 24.6 Å². The van der Waals surface area contributed by atoms with Crippen LogP contribution in [-0.4, -0.2) is 29.3 Å². The summed E-state index contributed by atoms with van der Waals surface area (Å²) < 4.78 is 0. The van der Waals surface area contributed by atoms with E-state index in [0.717, 1.165) is 18.1 Å². The maximum atomic E-state index is 4.38. The molecule has 1 aromatic heterocycles. The third kappa shape index (κ3) is 1.66. The van der Waals surface area contributed by atoms with E-state index in [0.29, 0.717) is 0 Å². The smallest absolute Gasteiger partial charge is 0.154 e. The fourth-order valence-corrected chi connectivity index (χ4v) is 1.52. The molecule has 0 N–H and O–H groups in total. The fourth-order valence-electron chi connectivity index (χ4n) is 1.52. The number of amidine groups is 1. The van der Waals surface area contributed by atoms with Crippen molar-refractivity contribution in [1.29, 1.82) is 0 Å². The van der Waals surface area contributed by atoms with Gasteiger partial charge in [-0.1, -0.05) is 6.07 Å². The normalized spacial score (nSPS) is 16.3. The van der Waals surface area contributed by atoms with Crippen molar-refractivity contribution < 1.29 is 0 Å². The van der Waals surface area contributed by atoms with Crippen LogP contribution < -0.4 is 0 Å². The first-order valence-electron chi connectivity index (χ1n) is 4.63. The minimum absolute atomic E-state index is 0.926. The van der Waals surface area contributed by atoms with Gasteiger partial charge in [-0.25, -0.2) is 4.99 Å². The first kappa shape index (κ1) is 8.94. The molecule has 0 saturated heterocycles. The van der Waals surface area contributed by atoms with Crippen molar-refractivity contribution in [3.05, 3.63) is 41.9 Å². The largest absolute Gasteiger partial charge is 0.354 e. The minimum Gasteiger partial charge on any atom is -0.354 e. The Morgan fingerprint density at radius 1 is 1.36 bits per heavy atom. The fraction of sp³-hybridized carbons (Fsp3) is 0.273. The predicted octanol–water partition coefficient (Wildman–Crippen LogP) is 1.68. The van der Waals surface area contributed by atoms with Gasteiger partial charge >= 0.3 is 0 Å². The number of aromatic nitrogens is 1. The maximum Gasteiger partial charge on any atom is 0.154 e. The van der Waals surface area contributed by atoms with Crippen LogP contribution in [0.15, 0.2) is 41.2 Å². The number of nitrogens with zero attached hydrogens (tertiary/aromatic N) is 3. The molecule has 72 valence electrons. The second kappa shape index (κ2) is 3.62. The van der Waals surface area contributed by atoms with Gasteiger partial charge < -0.3 is 4.90 Å². The lowest BCUT2D eigenvalue weighted by Crippen LogP contribution is -2.31. The molecule has 0 saturated carbocycles. The third-order valence-corrected chi connectivity index (χ3v) is 2.15. The first-order chi connectivity index (χ1) is 6.77. The molecule has 0 bridgehead atoms. The van der Waals surface area contributed by atoms with E-state index in [9.17, 15) is 0 Å². The van der Waals surface area contributed by atoms with Gasteiger partial charge in [0.15, 0.2) is 5.84 Å². The Bertz CT molecular complexity index is 379. The molecule has 0 aromatic carbocycles. The summed E-state index contributed by atoms with van der Waals surface area (Å²) in [6.07, 6.45) is 3.70. The van der Waals surface area contributed by atoms with E-state index >= 15 is 0 Å². The van der Waals surface area contributed by atoms with E-state index < -0.39 is 0 Å². The number of aliphatic imine (C=N–C) groups is 1. The summed E-state index contributed by atoms with van der Waals surface area (Å²) in [5.74, 6) is 0.941. The molecule has 14 heavy (non-hydrogen) atoms. The molecule has 0 unspecified atom stereocenters. The number of hydrogen-bond acceptors (Lipinski definition) is 3. The summed E-state index contributed by atoms with van der Waals surface area (Å²) in [5.41, 5.74) is 2.20. The van der Waals surface area contributed by atoms with Gasteiger partial charge in [0.25, 0.3) is 0 Å². The highest BCUT2D eigenvalue weighted by atomic mass is 15.2. The summed E-state index contributed by atoms with van der Waals surface area (Å²) in [6, 6.07) is 5.86. The molecular weight excluding hydrogens is 174 g/mol. The minimum atomic E-state index is 0.926. The molecule has 2 heterocycles. The van der Waals surface area contributed by atoms with Crippen LogP contribution in [0.5, 0.6) is 0 Å². The summed E-state index contributed by atoms with van der Waals surface area (Å²) >= 11 is 0. The Morgan fingerprint density at radius 2 is 2.21 bits per heavy atom. The van der Waals surface area contributed by atoms with Crippen LogP contribution in [0.2, 0.25) is 0 Å². The van der Waals surface area contributed by atoms with Crippen LogP contribution in [0.25, 0.3) is 0 Å². The van der Waals surface area contributed by atoms with E-state index in [1.807, 2.05) is 31.4 Å². The van der Waals surface area contributed by atoms with Gasteiger partial charge in [-0.2, -0.15) is 0 Å². The molecule has 3 nitrogen and oxygen atoms in total. The highest BCUT2D eigenvalue weighted by molar-refractivity contribution is 5.97. The second-order valence-corrected chi connectivity index (χ2v) is 3.50. The average Bonchev–Trinajstić information content (AvgIpc) is 2.19. The highest BCUT2D eigenvalue weighted by Gasteiger charge is 2.13. The molecule has 0 fully saturated rings. The van der Waals surface area contributed by atoms with Gasteiger partial charge in [-0.15, -0.1) is 0 Å². The molecule has 2 rings (SSSR count). The van der Waals surface area contributed by atoms with E-state index in [2.05, 4.69) is 21.8 Å². The average molecular weight is 187 g/mol. The van der Waals surface area contributed by atoms with Crippen molar-refractivity contribution in [2.75, 3.05) is 13.6 Å². The van der Waals surface area contributed by atoms with Crippen molar-refractivity contribution in [3.63, 3.8) is 0 Å². The Balaban J connectivity index is 2.35. The van der Waals surface area contributed by atoms with Crippen LogP contribution in [0.1, 0.15) is 12.6 Å².